The number of aromatic nitrogens is 4. The van der Waals surface area contributed by atoms with Gasteiger partial charge in [0, 0.05) is 35.7 Å². The number of aryl methyl sites for hydroxylation is 2. The molecular formula is C33H32N4O4. The Kier molecular flexibility index (Phi) is 7.24. The second kappa shape index (κ2) is 11.1. The zero-order valence-electron chi connectivity index (χ0n) is 23.5. The van der Waals surface area contributed by atoms with E-state index in [0.717, 1.165) is 42.1 Å². The minimum absolute atomic E-state index is 0.161. The Morgan fingerprint density at radius 3 is 2.41 bits per heavy atom. The maximum atomic E-state index is 13.6. The standard InChI is InChI=1S/C33H32N4O4/c1-21-17-27(23(3)36(21)19-26-15-10-16-40-26)30(38)20-41-33(39)28-18-29(24-11-6-4-7-12-24)34-32-31(28)22(2)35-37(32)25-13-8-5-9-14-25/h4-9,11-14,17-18,26H,10,15-16,19-20H2,1-3H3/t26-/m1/s1. The van der Waals surface area contributed by atoms with Crippen LogP contribution in [-0.2, 0) is 16.0 Å². The normalized spacial score (nSPS) is 15.0. The van der Waals surface area contributed by atoms with Crippen molar-refractivity contribution in [3.63, 3.8) is 0 Å². The van der Waals surface area contributed by atoms with E-state index in [0.29, 0.717) is 40.1 Å². The van der Waals surface area contributed by atoms with Gasteiger partial charge in [0.15, 0.2) is 12.3 Å². The summed E-state index contributed by atoms with van der Waals surface area (Å²) in [7, 11) is 0. The van der Waals surface area contributed by atoms with Gasteiger partial charge in [0.2, 0.25) is 5.78 Å². The summed E-state index contributed by atoms with van der Waals surface area (Å²) in [5.41, 5.74) is 6.23. The summed E-state index contributed by atoms with van der Waals surface area (Å²) in [6, 6.07) is 22.9. The fraction of sp³-hybridized carbons (Fsp3) is 0.273. The van der Waals surface area contributed by atoms with Crippen LogP contribution in [0.25, 0.3) is 28.0 Å². The summed E-state index contributed by atoms with van der Waals surface area (Å²) in [6.45, 7) is 6.89. The van der Waals surface area contributed by atoms with Crippen LogP contribution in [0, 0.1) is 20.8 Å². The molecule has 0 amide bonds. The minimum atomic E-state index is -0.591. The quantitative estimate of drug-likeness (QED) is 0.174. The molecule has 4 heterocycles. The molecule has 0 unspecified atom stereocenters. The molecule has 0 N–H and O–H groups in total. The fourth-order valence-corrected chi connectivity index (χ4v) is 5.60. The molecule has 8 heteroatoms. The first kappa shape index (κ1) is 26.7. The molecule has 208 valence electrons. The first-order valence-electron chi connectivity index (χ1n) is 13.9. The molecule has 41 heavy (non-hydrogen) atoms. The number of nitrogens with zero attached hydrogens (tertiary/aromatic N) is 4. The van der Waals surface area contributed by atoms with Gasteiger partial charge in [-0.05, 0) is 57.9 Å². The molecule has 6 rings (SSSR count). The Bertz CT molecular complexity index is 1730. The van der Waals surface area contributed by atoms with E-state index in [1.54, 1.807) is 10.7 Å². The molecule has 5 aromatic rings. The number of hydrogen-bond donors (Lipinski definition) is 0. The summed E-state index contributed by atoms with van der Waals surface area (Å²) in [4.78, 5) is 31.8. The highest BCUT2D eigenvalue weighted by Crippen LogP contribution is 2.29. The van der Waals surface area contributed by atoms with Crippen LogP contribution in [-0.4, -0.2) is 50.4 Å². The molecule has 1 fully saturated rings. The number of benzene rings is 2. The van der Waals surface area contributed by atoms with Crippen molar-refractivity contribution >= 4 is 22.8 Å². The van der Waals surface area contributed by atoms with Crippen LogP contribution in [0.3, 0.4) is 0 Å². The lowest BCUT2D eigenvalue weighted by molar-refractivity contribution is 0.0476. The van der Waals surface area contributed by atoms with E-state index >= 15 is 0 Å². The average Bonchev–Trinajstić information content (AvgIpc) is 3.71. The third kappa shape index (κ3) is 5.18. The van der Waals surface area contributed by atoms with E-state index in [2.05, 4.69) is 4.57 Å². The van der Waals surface area contributed by atoms with E-state index in [9.17, 15) is 9.59 Å². The minimum Gasteiger partial charge on any atom is -0.454 e. The first-order chi connectivity index (χ1) is 19.9. The lowest BCUT2D eigenvalue weighted by atomic mass is 10.1. The maximum Gasteiger partial charge on any atom is 0.339 e. The highest BCUT2D eigenvalue weighted by molar-refractivity contribution is 6.07. The molecule has 1 atom stereocenters. The molecule has 8 nitrogen and oxygen atoms in total. The summed E-state index contributed by atoms with van der Waals surface area (Å²) < 4.78 is 15.3. The molecule has 0 saturated carbocycles. The Morgan fingerprint density at radius 2 is 1.71 bits per heavy atom. The van der Waals surface area contributed by atoms with E-state index in [1.807, 2.05) is 87.5 Å². The van der Waals surface area contributed by atoms with Crippen molar-refractivity contribution in [2.45, 2.75) is 46.3 Å². The van der Waals surface area contributed by atoms with Gasteiger partial charge in [0.1, 0.15) is 0 Å². The van der Waals surface area contributed by atoms with Gasteiger partial charge in [0.25, 0.3) is 0 Å². The van der Waals surface area contributed by atoms with Crippen molar-refractivity contribution in [3.8, 4) is 16.9 Å². The molecule has 1 aliphatic heterocycles. The van der Waals surface area contributed by atoms with Crippen LogP contribution in [0.5, 0.6) is 0 Å². The summed E-state index contributed by atoms with van der Waals surface area (Å²) in [6.07, 6.45) is 2.24. The number of fused-ring (bicyclic) bond motifs is 1. The topological polar surface area (TPSA) is 88.2 Å². The molecule has 2 aromatic carbocycles. The number of carbonyl (C=O) groups excluding carboxylic acids is 2. The Hall–Kier alpha value is -4.56. The number of hydrogen-bond acceptors (Lipinski definition) is 6. The summed E-state index contributed by atoms with van der Waals surface area (Å²) in [5, 5.41) is 5.31. The second-order valence-electron chi connectivity index (χ2n) is 10.5. The number of Topliss-reactive ketones (excluding diaryl/α,β-unsaturated/α-hetero) is 1. The summed E-state index contributed by atoms with van der Waals surface area (Å²) in [5.74, 6) is -0.831. The molecule has 0 aliphatic carbocycles. The number of rotatable bonds is 8. The van der Waals surface area contributed by atoms with Crippen LogP contribution in [0.4, 0.5) is 0 Å². The number of ketones is 1. The van der Waals surface area contributed by atoms with Crippen LogP contribution in [0.1, 0.15) is 50.6 Å². The van der Waals surface area contributed by atoms with E-state index in [1.165, 1.54) is 0 Å². The van der Waals surface area contributed by atoms with E-state index < -0.39 is 5.97 Å². The van der Waals surface area contributed by atoms with Gasteiger partial charge in [0.05, 0.1) is 34.1 Å². The van der Waals surface area contributed by atoms with Gasteiger partial charge >= 0.3 is 5.97 Å². The van der Waals surface area contributed by atoms with Crippen LogP contribution < -0.4 is 0 Å². The average molecular weight is 549 g/mol. The first-order valence-corrected chi connectivity index (χ1v) is 13.9. The number of esters is 1. The molecule has 0 bridgehead atoms. The van der Waals surface area contributed by atoms with Gasteiger partial charge in [-0.2, -0.15) is 5.10 Å². The third-order valence-electron chi connectivity index (χ3n) is 7.72. The molecular weight excluding hydrogens is 516 g/mol. The number of ether oxygens (including phenoxy) is 2. The number of para-hydroxylation sites is 1. The monoisotopic (exact) mass is 548 g/mol. The van der Waals surface area contributed by atoms with E-state index in [-0.39, 0.29) is 18.5 Å². The maximum absolute atomic E-state index is 13.6. The molecule has 1 aliphatic rings. The van der Waals surface area contributed by atoms with Gasteiger partial charge < -0.3 is 14.0 Å². The molecule has 0 spiro atoms. The predicted molar refractivity (Wildman–Crippen MR) is 157 cm³/mol. The van der Waals surface area contributed by atoms with Crippen molar-refractivity contribution in [1.29, 1.82) is 0 Å². The zero-order valence-corrected chi connectivity index (χ0v) is 23.5. The van der Waals surface area contributed by atoms with Gasteiger partial charge in [-0.3, -0.25) is 4.79 Å². The smallest absolute Gasteiger partial charge is 0.339 e. The van der Waals surface area contributed by atoms with Crippen LogP contribution >= 0.6 is 0 Å². The molecule has 0 radical (unpaired) electrons. The fourth-order valence-electron chi connectivity index (χ4n) is 5.60. The Morgan fingerprint density at radius 1 is 0.976 bits per heavy atom. The van der Waals surface area contributed by atoms with Crippen molar-refractivity contribution in [2.24, 2.45) is 0 Å². The Labute approximate surface area is 238 Å². The van der Waals surface area contributed by atoms with Crippen molar-refractivity contribution in [1.82, 2.24) is 19.3 Å². The lowest BCUT2D eigenvalue weighted by Crippen LogP contribution is -2.18. The lowest BCUT2D eigenvalue weighted by Gasteiger charge is -2.14. The number of carbonyl (C=O) groups is 2. The highest BCUT2D eigenvalue weighted by atomic mass is 16.5. The Balaban J connectivity index is 1.31. The van der Waals surface area contributed by atoms with Gasteiger partial charge in [-0.25, -0.2) is 14.5 Å². The van der Waals surface area contributed by atoms with E-state index in [4.69, 9.17) is 19.6 Å². The van der Waals surface area contributed by atoms with Crippen LogP contribution in [0.2, 0.25) is 0 Å². The van der Waals surface area contributed by atoms with Crippen LogP contribution in [0.15, 0.2) is 72.8 Å². The highest BCUT2D eigenvalue weighted by Gasteiger charge is 2.25. The third-order valence-corrected chi connectivity index (χ3v) is 7.72. The predicted octanol–water partition coefficient (Wildman–Crippen LogP) is 6.03. The molecule has 1 saturated heterocycles. The largest absolute Gasteiger partial charge is 0.454 e. The number of pyridine rings is 1. The second-order valence-corrected chi connectivity index (χ2v) is 10.5. The van der Waals surface area contributed by atoms with Gasteiger partial charge in [-0.1, -0.05) is 48.5 Å². The zero-order chi connectivity index (χ0) is 28.5. The SMILES string of the molecule is Cc1nn(-c2ccccc2)c2nc(-c3ccccc3)cc(C(=O)OCC(=O)c3cc(C)n(C[C@H]4CCCO4)c3C)c12. The van der Waals surface area contributed by atoms with Gasteiger partial charge in [-0.15, -0.1) is 0 Å². The van der Waals surface area contributed by atoms with Crippen molar-refractivity contribution in [2.75, 3.05) is 13.2 Å². The molecule has 3 aromatic heterocycles. The summed E-state index contributed by atoms with van der Waals surface area (Å²) >= 11 is 0. The van der Waals surface area contributed by atoms with Crippen molar-refractivity contribution in [3.05, 3.63) is 101 Å². The van der Waals surface area contributed by atoms with Crippen molar-refractivity contribution < 1.29 is 19.1 Å².